The molecular formula is C22H25N3O2. The predicted octanol–water partition coefficient (Wildman–Crippen LogP) is 2.85. The summed E-state index contributed by atoms with van der Waals surface area (Å²) in [7, 11) is 0. The maximum absolute atomic E-state index is 12.2. The quantitative estimate of drug-likeness (QED) is 0.690. The molecule has 0 spiro atoms. The van der Waals surface area contributed by atoms with Gasteiger partial charge in [0.25, 0.3) is 0 Å². The second-order valence-corrected chi connectivity index (χ2v) is 7.48. The number of fused-ring (bicyclic) bond motifs is 1. The van der Waals surface area contributed by atoms with E-state index in [4.69, 9.17) is 5.73 Å². The van der Waals surface area contributed by atoms with Crippen LogP contribution in [0.3, 0.4) is 0 Å². The van der Waals surface area contributed by atoms with Crippen molar-refractivity contribution in [3.63, 3.8) is 0 Å². The van der Waals surface area contributed by atoms with E-state index in [1.165, 1.54) is 22.3 Å². The first kappa shape index (κ1) is 17.6. The Labute approximate surface area is 159 Å². The highest BCUT2D eigenvalue weighted by Crippen LogP contribution is 2.55. The summed E-state index contributed by atoms with van der Waals surface area (Å²) in [6.45, 7) is 1.11. The lowest BCUT2D eigenvalue weighted by Gasteiger charge is -2.45. The first-order valence-electron chi connectivity index (χ1n) is 9.63. The Bertz CT molecular complexity index is 817. The van der Waals surface area contributed by atoms with Crippen LogP contribution in [0.2, 0.25) is 0 Å². The smallest absolute Gasteiger partial charge is 0.312 e. The number of carbonyl (C=O) groups excluding carboxylic acids is 2. The molecule has 0 unspecified atom stereocenters. The molecule has 2 aromatic carbocycles. The summed E-state index contributed by atoms with van der Waals surface area (Å²) in [5, 5.41) is 5.61. The highest BCUT2D eigenvalue weighted by Gasteiger charge is 2.42. The predicted molar refractivity (Wildman–Crippen MR) is 105 cm³/mol. The van der Waals surface area contributed by atoms with Gasteiger partial charge in [-0.1, -0.05) is 48.5 Å². The first-order chi connectivity index (χ1) is 13.1. The van der Waals surface area contributed by atoms with Crippen molar-refractivity contribution in [2.24, 2.45) is 11.7 Å². The van der Waals surface area contributed by atoms with Crippen molar-refractivity contribution in [1.82, 2.24) is 10.6 Å². The summed E-state index contributed by atoms with van der Waals surface area (Å²) < 4.78 is 0. The van der Waals surface area contributed by atoms with E-state index in [1.54, 1.807) is 0 Å². The largest absolute Gasteiger partial charge is 0.356 e. The highest BCUT2D eigenvalue weighted by atomic mass is 16.2. The maximum Gasteiger partial charge on any atom is 0.312 e. The minimum Gasteiger partial charge on any atom is -0.356 e. The van der Waals surface area contributed by atoms with Crippen molar-refractivity contribution in [3.05, 3.63) is 70.8 Å². The number of nitrogens with one attached hydrogen (secondary N) is 2. The molecule has 0 radical (unpaired) electrons. The van der Waals surface area contributed by atoms with E-state index < -0.39 is 6.03 Å². The van der Waals surface area contributed by atoms with Crippen LogP contribution in [0.15, 0.2) is 48.5 Å². The van der Waals surface area contributed by atoms with Crippen LogP contribution >= 0.6 is 0 Å². The zero-order valence-corrected chi connectivity index (χ0v) is 15.3. The summed E-state index contributed by atoms with van der Waals surface area (Å²) in [4.78, 5) is 22.8. The molecule has 2 aromatic rings. The zero-order valence-electron chi connectivity index (χ0n) is 15.3. The normalized spacial score (nSPS) is 21.9. The molecule has 27 heavy (non-hydrogen) atoms. The standard InChI is InChI=1S/C22H25N3O2/c23-22(27)24-11-5-10-20(26)25-13-14-12-19-15-6-1-3-8-17(15)21(14)18-9-4-2-7-16(18)19/h1-4,6-9,14,19,21H,5,10-13H2,(H,25,26)(H3,23,24,27)/t14-,19?,21?/m1/s1. The van der Waals surface area contributed by atoms with E-state index in [1.807, 2.05) is 0 Å². The number of primary amides is 1. The van der Waals surface area contributed by atoms with Crippen molar-refractivity contribution in [3.8, 4) is 0 Å². The Morgan fingerprint density at radius 3 is 2.11 bits per heavy atom. The summed E-state index contributed by atoms with van der Waals surface area (Å²) >= 11 is 0. The molecule has 140 valence electrons. The third kappa shape index (κ3) is 3.42. The number of nitrogens with two attached hydrogens (primary N) is 1. The van der Waals surface area contributed by atoms with Crippen LogP contribution in [0.5, 0.6) is 0 Å². The van der Waals surface area contributed by atoms with Crippen molar-refractivity contribution >= 4 is 11.9 Å². The van der Waals surface area contributed by atoms with Crippen LogP contribution in [0.4, 0.5) is 4.79 Å². The van der Waals surface area contributed by atoms with Crippen molar-refractivity contribution in [2.45, 2.75) is 31.1 Å². The van der Waals surface area contributed by atoms with Gasteiger partial charge in [0.05, 0.1) is 0 Å². The van der Waals surface area contributed by atoms with Gasteiger partial charge in [0.2, 0.25) is 5.91 Å². The summed E-state index contributed by atoms with van der Waals surface area (Å²) in [6.07, 6.45) is 2.06. The topological polar surface area (TPSA) is 84.2 Å². The van der Waals surface area contributed by atoms with E-state index in [9.17, 15) is 9.59 Å². The van der Waals surface area contributed by atoms with Crippen molar-refractivity contribution in [2.75, 3.05) is 13.1 Å². The van der Waals surface area contributed by atoms with Gasteiger partial charge in [0.1, 0.15) is 0 Å². The Morgan fingerprint density at radius 1 is 0.926 bits per heavy atom. The van der Waals surface area contributed by atoms with Gasteiger partial charge in [-0.15, -0.1) is 0 Å². The zero-order chi connectivity index (χ0) is 18.8. The molecule has 0 saturated carbocycles. The number of amides is 3. The van der Waals surface area contributed by atoms with Crippen LogP contribution < -0.4 is 16.4 Å². The molecule has 0 aliphatic heterocycles. The fraction of sp³-hybridized carbons (Fsp3) is 0.364. The van der Waals surface area contributed by atoms with Gasteiger partial charge < -0.3 is 16.4 Å². The molecule has 5 rings (SSSR count). The molecule has 0 aromatic heterocycles. The minimum atomic E-state index is -0.550. The molecule has 3 amide bonds. The molecule has 3 aliphatic carbocycles. The fourth-order valence-corrected chi connectivity index (χ4v) is 4.75. The van der Waals surface area contributed by atoms with Crippen molar-refractivity contribution < 1.29 is 9.59 Å². The minimum absolute atomic E-state index is 0.0317. The molecule has 1 atom stereocenters. The molecule has 5 nitrogen and oxygen atoms in total. The summed E-state index contributed by atoms with van der Waals surface area (Å²) in [5.41, 5.74) is 10.7. The second kappa shape index (κ2) is 7.43. The lowest BCUT2D eigenvalue weighted by Crippen LogP contribution is -2.39. The summed E-state index contributed by atoms with van der Waals surface area (Å²) in [5.74, 6) is 1.21. The molecule has 2 bridgehead atoms. The molecule has 0 fully saturated rings. The molecule has 4 N–H and O–H groups in total. The van der Waals surface area contributed by atoms with Crippen LogP contribution in [0.1, 0.15) is 53.4 Å². The number of hydrogen-bond acceptors (Lipinski definition) is 2. The van der Waals surface area contributed by atoms with E-state index in [0.717, 1.165) is 6.42 Å². The number of rotatable bonds is 6. The van der Waals surface area contributed by atoms with Gasteiger partial charge in [-0.05, 0) is 41.0 Å². The van der Waals surface area contributed by atoms with E-state index >= 15 is 0 Å². The SMILES string of the molecule is NC(=O)NCCCC(=O)NC[C@H]1CC2c3ccccc3C1c1ccccc12. The molecule has 0 heterocycles. The van der Waals surface area contributed by atoms with Gasteiger partial charge in [-0.3, -0.25) is 4.79 Å². The summed E-state index contributed by atoms with van der Waals surface area (Å²) in [6, 6.07) is 16.9. The fourth-order valence-electron chi connectivity index (χ4n) is 4.75. The second-order valence-electron chi connectivity index (χ2n) is 7.48. The average Bonchev–Trinajstić information content (AvgIpc) is 2.69. The lowest BCUT2D eigenvalue weighted by atomic mass is 9.59. The number of hydrogen-bond donors (Lipinski definition) is 3. The monoisotopic (exact) mass is 363 g/mol. The van der Waals surface area contributed by atoms with Crippen LogP contribution in [-0.2, 0) is 4.79 Å². The number of benzene rings is 2. The van der Waals surface area contributed by atoms with Gasteiger partial charge in [0, 0.05) is 31.3 Å². The van der Waals surface area contributed by atoms with Crippen molar-refractivity contribution in [1.29, 1.82) is 0 Å². The van der Waals surface area contributed by atoms with E-state index in [0.29, 0.717) is 43.7 Å². The van der Waals surface area contributed by atoms with Crippen LogP contribution in [0, 0.1) is 5.92 Å². The van der Waals surface area contributed by atoms with Crippen LogP contribution in [0.25, 0.3) is 0 Å². The first-order valence-corrected chi connectivity index (χ1v) is 9.63. The third-order valence-corrected chi connectivity index (χ3v) is 5.86. The Hall–Kier alpha value is -2.82. The lowest BCUT2D eigenvalue weighted by molar-refractivity contribution is -0.121. The van der Waals surface area contributed by atoms with E-state index in [-0.39, 0.29) is 5.91 Å². The molecular weight excluding hydrogens is 338 g/mol. The third-order valence-electron chi connectivity index (χ3n) is 5.86. The van der Waals surface area contributed by atoms with Gasteiger partial charge >= 0.3 is 6.03 Å². The van der Waals surface area contributed by atoms with Crippen LogP contribution in [-0.4, -0.2) is 25.0 Å². The number of urea groups is 1. The molecule has 0 saturated heterocycles. The maximum atomic E-state index is 12.2. The Kier molecular flexibility index (Phi) is 4.84. The number of carbonyl (C=O) groups is 2. The highest BCUT2D eigenvalue weighted by molar-refractivity contribution is 5.76. The Morgan fingerprint density at radius 2 is 1.52 bits per heavy atom. The Balaban J connectivity index is 1.44. The average molecular weight is 363 g/mol. The molecule has 3 aliphatic rings. The van der Waals surface area contributed by atoms with Gasteiger partial charge in [-0.2, -0.15) is 0 Å². The molecule has 5 heteroatoms. The van der Waals surface area contributed by atoms with Gasteiger partial charge in [-0.25, -0.2) is 4.79 Å². The van der Waals surface area contributed by atoms with E-state index in [2.05, 4.69) is 59.2 Å². The van der Waals surface area contributed by atoms with Gasteiger partial charge in [0.15, 0.2) is 0 Å².